The van der Waals surface area contributed by atoms with Gasteiger partial charge < -0.3 is 9.88 Å². The van der Waals surface area contributed by atoms with E-state index in [-0.39, 0.29) is 5.56 Å². The summed E-state index contributed by atoms with van der Waals surface area (Å²) in [4.78, 5) is 12.5. The number of aryl methyl sites for hydroxylation is 1. The number of rotatable bonds is 6. The number of unbranched alkanes of at least 4 members (excludes halogenated alkanes) is 1. The van der Waals surface area contributed by atoms with Crippen molar-refractivity contribution in [3.05, 3.63) is 33.2 Å². The molecule has 1 aliphatic rings. The van der Waals surface area contributed by atoms with Gasteiger partial charge >= 0.3 is 0 Å². The average molecular weight is 248 g/mol. The molecule has 0 saturated heterocycles. The third-order valence-electron chi connectivity index (χ3n) is 3.73. The zero-order chi connectivity index (χ0) is 13.0. The second-order valence-corrected chi connectivity index (χ2v) is 5.09. The number of hydrogen-bond donors (Lipinski definition) is 1. The molecule has 3 heteroatoms. The first-order valence-electron chi connectivity index (χ1n) is 7.23. The van der Waals surface area contributed by atoms with Gasteiger partial charge in [-0.1, -0.05) is 20.3 Å². The maximum atomic E-state index is 12.5. The van der Waals surface area contributed by atoms with Crippen LogP contribution in [0.4, 0.5) is 0 Å². The number of pyridine rings is 1. The van der Waals surface area contributed by atoms with Gasteiger partial charge in [-0.15, -0.1) is 0 Å². The lowest BCUT2D eigenvalue weighted by Gasteiger charge is -2.14. The van der Waals surface area contributed by atoms with Gasteiger partial charge in [0.2, 0.25) is 0 Å². The highest BCUT2D eigenvalue weighted by Gasteiger charge is 2.18. The van der Waals surface area contributed by atoms with E-state index in [9.17, 15) is 4.79 Å². The quantitative estimate of drug-likeness (QED) is 0.838. The van der Waals surface area contributed by atoms with Gasteiger partial charge in [-0.05, 0) is 43.9 Å². The van der Waals surface area contributed by atoms with Crippen LogP contribution in [0.2, 0.25) is 0 Å². The zero-order valence-electron chi connectivity index (χ0n) is 11.6. The Balaban J connectivity index is 2.35. The second-order valence-electron chi connectivity index (χ2n) is 5.09. The van der Waals surface area contributed by atoms with Gasteiger partial charge in [-0.25, -0.2) is 0 Å². The lowest BCUT2D eigenvalue weighted by molar-refractivity contribution is 0.580. The third-order valence-corrected chi connectivity index (χ3v) is 3.73. The maximum Gasteiger partial charge on any atom is 0.255 e. The number of fused-ring (bicyclic) bond motifs is 1. The average Bonchev–Trinajstić information content (AvgIpc) is 2.83. The van der Waals surface area contributed by atoms with Crippen molar-refractivity contribution >= 4 is 0 Å². The minimum atomic E-state index is 0.227. The van der Waals surface area contributed by atoms with Gasteiger partial charge in [0, 0.05) is 24.3 Å². The predicted octanol–water partition coefficient (Wildman–Crippen LogP) is 2.25. The molecule has 0 radical (unpaired) electrons. The Bertz CT molecular complexity index is 462. The first kappa shape index (κ1) is 13.3. The van der Waals surface area contributed by atoms with Gasteiger partial charge in [0.25, 0.3) is 5.56 Å². The van der Waals surface area contributed by atoms with Crippen LogP contribution in [-0.2, 0) is 25.9 Å². The number of aromatic nitrogens is 1. The standard InChI is InChI=1S/C15H24N2O/c1-3-5-9-17-14-8-6-7-12(14)10-13(15(17)18)11-16-4-2/h10,16H,3-9,11H2,1-2H3. The fourth-order valence-electron chi connectivity index (χ4n) is 2.72. The van der Waals surface area contributed by atoms with E-state index in [2.05, 4.69) is 25.2 Å². The van der Waals surface area contributed by atoms with E-state index >= 15 is 0 Å². The largest absolute Gasteiger partial charge is 0.313 e. The molecule has 1 aliphatic carbocycles. The lowest BCUT2D eigenvalue weighted by atomic mass is 10.1. The number of nitrogens with one attached hydrogen (secondary N) is 1. The van der Waals surface area contributed by atoms with Crippen LogP contribution in [0.1, 0.15) is 49.9 Å². The van der Waals surface area contributed by atoms with Crippen molar-refractivity contribution in [3.8, 4) is 0 Å². The van der Waals surface area contributed by atoms with E-state index in [0.29, 0.717) is 6.54 Å². The molecular weight excluding hydrogens is 224 g/mol. The van der Waals surface area contributed by atoms with Crippen molar-refractivity contribution in [1.29, 1.82) is 0 Å². The summed E-state index contributed by atoms with van der Waals surface area (Å²) >= 11 is 0. The summed E-state index contributed by atoms with van der Waals surface area (Å²) in [5.74, 6) is 0. The van der Waals surface area contributed by atoms with E-state index < -0.39 is 0 Å². The fourth-order valence-corrected chi connectivity index (χ4v) is 2.72. The van der Waals surface area contributed by atoms with E-state index in [1.165, 1.54) is 17.7 Å². The minimum Gasteiger partial charge on any atom is -0.313 e. The van der Waals surface area contributed by atoms with Crippen molar-refractivity contribution < 1.29 is 0 Å². The normalized spacial score (nSPS) is 13.9. The molecular formula is C15H24N2O. The highest BCUT2D eigenvalue weighted by Crippen LogP contribution is 2.21. The fraction of sp³-hybridized carbons (Fsp3) is 0.667. The van der Waals surface area contributed by atoms with Gasteiger partial charge in [0.05, 0.1) is 0 Å². The van der Waals surface area contributed by atoms with Crippen LogP contribution in [0.5, 0.6) is 0 Å². The van der Waals surface area contributed by atoms with Crippen LogP contribution in [0.25, 0.3) is 0 Å². The summed E-state index contributed by atoms with van der Waals surface area (Å²) in [6.07, 6.45) is 5.65. The molecule has 3 nitrogen and oxygen atoms in total. The van der Waals surface area contributed by atoms with E-state index in [4.69, 9.17) is 0 Å². The highest BCUT2D eigenvalue weighted by molar-refractivity contribution is 5.30. The molecule has 100 valence electrons. The molecule has 0 aromatic carbocycles. The molecule has 0 fully saturated rings. The zero-order valence-corrected chi connectivity index (χ0v) is 11.6. The monoisotopic (exact) mass is 248 g/mol. The SMILES string of the molecule is CCCCn1c2c(cc(CNCC)c1=O)CCC2. The van der Waals surface area contributed by atoms with Crippen LogP contribution in [0, 0.1) is 0 Å². The van der Waals surface area contributed by atoms with Crippen molar-refractivity contribution in [2.24, 2.45) is 0 Å². The number of hydrogen-bond acceptors (Lipinski definition) is 2. The van der Waals surface area contributed by atoms with E-state index in [0.717, 1.165) is 44.3 Å². The molecule has 1 aromatic rings. The summed E-state index contributed by atoms with van der Waals surface area (Å²) in [6.45, 7) is 6.74. The van der Waals surface area contributed by atoms with E-state index in [1.54, 1.807) is 0 Å². The third kappa shape index (κ3) is 2.66. The Morgan fingerprint density at radius 3 is 2.89 bits per heavy atom. The van der Waals surface area contributed by atoms with Crippen LogP contribution in [-0.4, -0.2) is 11.1 Å². The van der Waals surface area contributed by atoms with Crippen molar-refractivity contribution in [1.82, 2.24) is 9.88 Å². The minimum absolute atomic E-state index is 0.227. The molecule has 1 aromatic heterocycles. The van der Waals surface area contributed by atoms with Crippen molar-refractivity contribution in [2.45, 2.75) is 59.0 Å². The summed E-state index contributed by atoms with van der Waals surface area (Å²) in [6, 6.07) is 2.13. The van der Waals surface area contributed by atoms with Gasteiger partial charge in [-0.2, -0.15) is 0 Å². The molecule has 0 unspecified atom stereocenters. The predicted molar refractivity (Wildman–Crippen MR) is 75.0 cm³/mol. The molecule has 0 spiro atoms. The Morgan fingerprint density at radius 2 is 2.17 bits per heavy atom. The van der Waals surface area contributed by atoms with Gasteiger partial charge in [0.15, 0.2) is 0 Å². The summed E-state index contributed by atoms with van der Waals surface area (Å²) in [5.41, 5.74) is 3.87. The van der Waals surface area contributed by atoms with Crippen LogP contribution >= 0.6 is 0 Å². The molecule has 1 N–H and O–H groups in total. The summed E-state index contributed by atoms with van der Waals surface area (Å²) < 4.78 is 2.04. The number of nitrogens with zero attached hydrogens (tertiary/aromatic N) is 1. The molecule has 2 rings (SSSR count). The molecule has 0 bridgehead atoms. The molecule has 0 atom stereocenters. The smallest absolute Gasteiger partial charge is 0.255 e. The van der Waals surface area contributed by atoms with Gasteiger partial charge in [-0.3, -0.25) is 4.79 Å². The van der Waals surface area contributed by atoms with Crippen molar-refractivity contribution in [2.75, 3.05) is 6.54 Å². The Morgan fingerprint density at radius 1 is 1.33 bits per heavy atom. The topological polar surface area (TPSA) is 34.0 Å². The summed E-state index contributed by atoms with van der Waals surface area (Å²) in [5, 5.41) is 3.27. The Labute approximate surface area is 109 Å². The lowest BCUT2D eigenvalue weighted by Crippen LogP contribution is -2.29. The first-order chi connectivity index (χ1) is 8.77. The van der Waals surface area contributed by atoms with E-state index in [1.807, 2.05) is 4.57 Å². The summed E-state index contributed by atoms with van der Waals surface area (Å²) in [7, 11) is 0. The van der Waals surface area contributed by atoms with Crippen LogP contribution in [0.15, 0.2) is 10.9 Å². The molecule has 18 heavy (non-hydrogen) atoms. The Hall–Kier alpha value is -1.09. The maximum absolute atomic E-state index is 12.5. The first-order valence-corrected chi connectivity index (χ1v) is 7.23. The van der Waals surface area contributed by atoms with Crippen molar-refractivity contribution in [3.63, 3.8) is 0 Å². The molecule has 1 heterocycles. The second kappa shape index (κ2) is 6.19. The molecule has 0 amide bonds. The molecule has 0 aliphatic heterocycles. The Kier molecular flexibility index (Phi) is 4.59. The highest BCUT2D eigenvalue weighted by atomic mass is 16.1. The molecule has 0 saturated carbocycles. The van der Waals surface area contributed by atoms with Crippen LogP contribution < -0.4 is 10.9 Å². The van der Waals surface area contributed by atoms with Gasteiger partial charge in [0.1, 0.15) is 0 Å². The van der Waals surface area contributed by atoms with Crippen LogP contribution in [0.3, 0.4) is 0 Å².